The average molecular weight is 491 g/mol. The molecule has 3 heterocycles. The van der Waals surface area contributed by atoms with E-state index in [2.05, 4.69) is 21.4 Å². The number of nitrogens with zero attached hydrogens (tertiary/aromatic N) is 4. The summed E-state index contributed by atoms with van der Waals surface area (Å²) in [6.07, 6.45) is 1.72. The Morgan fingerprint density at radius 3 is 2.35 bits per heavy atom. The van der Waals surface area contributed by atoms with Crippen molar-refractivity contribution in [2.24, 2.45) is 0 Å². The van der Waals surface area contributed by atoms with Crippen molar-refractivity contribution >= 4 is 17.3 Å². The van der Waals surface area contributed by atoms with Gasteiger partial charge in [0.15, 0.2) is 0 Å². The number of aryl methyl sites for hydroxylation is 1. The molecule has 0 saturated heterocycles. The molecule has 0 fully saturated rings. The molecule has 0 radical (unpaired) electrons. The Balaban J connectivity index is 1.86. The minimum Gasteiger partial charge on any atom is -0.368 e. The third kappa shape index (κ3) is 4.28. The summed E-state index contributed by atoms with van der Waals surface area (Å²) in [6, 6.07) is 22.7. The van der Waals surface area contributed by atoms with Gasteiger partial charge in [-0.1, -0.05) is 48.5 Å². The number of anilines is 2. The van der Waals surface area contributed by atoms with Crippen LogP contribution in [0.4, 0.5) is 16.2 Å². The van der Waals surface area contributed by atoms with E-state index in [-0.39, 0.29) is 28.7 Å². The highest BCUT2D eigenvalue weighted by atomic mass is 19.1. The van der Waals surface area contributed by atoms with Crippen LogP contribution in [0, 0.1) is 24.1 Å². The number of rotatable bonds is 5. The molecule has 0 bridgehead atoms. The number of hydrogen-bond acceptors (Lipinski definition) is 6. The second-order valence-electron chi connectivity index (χ2n) is 8.67. The molecule has 0 aliphatic rings. The zero-order chi connectivity index (χ0) is 26.1. The molecule has 2 aromatic carbocycles. The number of benzene rings is 2. The quantitative estimate of drug-likeness (QED) is 0.337. The number of nitriles is 1. The fourth-order valence-corrected chi connectivity index (χ4v) is 4.67. The fraction of sp³-hybridized carbons (Fsp3) is 0.103. The summed E-state index contributed by atoms with van der Waals surface area (Å²) in [5, 5.41) is 13.1. The van der Waals surface area contributed by atoms with Crippen LogP contribution >= 0.6 is 0 Å². The lowest BCUT2D eigenvalue weighted by molar-refractivity contribution is 0.628. The van der Waals surface area contributed by atoms with Crippen LogP contribution in [-0.2, 0) is 0 Å². The second-order valence-corrected chi connectivity index (χ2v) is 8.67. The summed E-state index contributed by atoms with van der Waals surface area (Å²) in [7, 11) is 0. The Morgan fingerprint density at radius 1 is 0.973 bits per heavy atom. The maximum atomic E-state index is 14.0. The highest BCUT2D eigenvalue weighted by Crippen LogP contribution is 2.39. The van der Waals surface area contributed by atoms with Gasteiger partial charge in [0.1, 0.15) is 23.3 Å². The summed E-state index contributed by atoms with van der Waals surface area (Å²) in [4.78, 5) is 22.3. The lowest BCUT2D eigenvalue weighted by Crippen LogP contribution is -2.23. The van der Waals surface area contributed by atoms with E-state index in [4.69, 9.17) is 5.73 Å². The maximum absolute atomic E-state index is 14.0. The van der Waals surface area contributed by atoms with Gasteiger partial charge in [-0.15, -0.1) is 0 Å². The summed E-state index contributed by atoms with van der Waals surface area (Å²) in [5.41, 5.74) is 10.5. The van der Waals surface area contributed by atoms with Crippen LogP contribution in [0.25, 0.3) is 27.8 Å². The first kappa shape index (κ1) is 23.7. The van der Waals surface area contributed by atoms with E-state index in [9.17, 15) is 14.4 Å². The van der Waals surface area contributed by atoms with Crippen molar-refractivity contribution in [1.29, 1.82) is 5.26 Å². The third-order valence-electron chi connectivity index (χ3n) is 6.29. The van der Waals surface area contributed by atoms with Gasteiger partial charge in [-0.25, -0.2) is 9.37 Å². The van der Waals surface area contributed by atoms with E-state index in [0.717, 1.165) is 16.7 Å². The molecule has 7 nitrogen and oxygen atoms in total. The molecule has 0 unspecified atom stereocenters. The zero-order valence-corrected chi connectivity index (χ0v) is 20.2. The van der Waals surface area contributed by atoms with Gasteiger partial charge in [-0.2, -0.15) is 10.2 Å². The van der Waals surface area contributed by atoms with E-state index >= 15 is 0 Å². The van der Waals surface area contributed by atoms with Crippen LogP contribution < -0.4 is 16.6 Å². The number of fused-ring (bicyclic) bond motifs is 1. The normalized spacial score (nSPS) is 11.7. The first-order valence-electron chi connectivity index (χ1n) is 11.7. The Morgan fingerprint density at radius 2 is 1.65 bits per heavy atom. The highest BCUT2D eigenvalue weighted by molar-refractivity contribution is 5.89. The van der Waals surface area contributed by atoms with E-state index in [1.807, 2.05) is 49.4 Å². The smallest absolute Gasteiger partial charge is 0.263 e. The first-order valence-corrected chi connectivity index (χ1v) is 11.7. The van der Waals surface area contributed by atoms with Gasteiger partial charge >= 0.3 is 0 Å². The number of hydrogen-bond donors (Lipinski definition) is 2. The van der Waals surface area contributed by atoms with Gasteiger partial charge in [0.2, 0.25) is 5.95 Å². The topological polar surface area (TPSA) is 109 Å². The highest BCUT2D eigenvalue weighted by Gasteiger charge is 2.25. The van der Waals surface area contributed by atoms with E-state index in [1.54, 1.807) is 35.7 Å². The first-order chi connectivity index (χ1) is 17.9. The van der Waals surface area contributed by atoms with Crippen molar-refractivity contribution < 1.29 is 4.39 Å². The molecule has 0 aliphatic carbocycles. The van der Waals surface area contributed by atoms with Crippen LogP contribution in [-0.4, -0.2) is 14.4 Å². The molecule has 37 heavy (non-hydrogen) atoms. The van der Waals surface area contributed by atoms with E-state index < -0.39 is 6.04 Å². The molecule has 1 atom stereocenters. The van der Waals surface area contributed by atoms with Crippen LogP contribution in [0.2, 0.25) is 0 Å². The van der Waals surface area contributed by atoms with Gasteiger partial charge in [0.05, 0.1) is 22.8 Å². The lowest BCUT2D eigenvalue weighted by atomic mass is 9.88. The van der Waals surface area contributed by atoms with E-state index in [1.165, 1.54) is 12.1 Å². The molecule has 0 aliphatic heterocycles. The minimum absolute atomic E-state index is 0.0341. The summed E-state index contributed by atoms with van der Waals surface area (Å²) < 4.78 is 15.5. The molecular weight excluding hydrogens is 467 g/mol. The molecular formula is C29H23FN6O. The van der Waals surface area contributed by atoms with Crippen LogP contribution in [0.3, 0.4) is 0 Å². The molecule has 182 valence electrons. The lowest BCUT2D eigenvalue weighted by Gasteiger charge is -2.25. The van der Waals surface area contributed by atoms with E-state index in [0.29, 0.717) is 22.3 Å². The summed E-state index contributed by atoms with van der Waals surface area (Å²) in [6.45, 7) is 3.58. The van der Waals surface area contributed by atoms with Crippen molar-refractivity contribution in [2.75, 3.05) is 11.1 Å². The van der Waals surface area contributed by atoms with Crippen molar-refractivity contribution in [3.05, 3.63) is 112 Å². The second kappa shape index (κ2) is 9.55. The van der Waals surface area contributed by atoms with Crippen LogP contribution in [0.5, 0.6) is 0 Å². The maximum Gasteiger partial charge on any atom is 0.263 e. The van der Waals surface area contributed by atoms with Crippen molar-refractivity contribution in [3.8, 4) is 28.3 Å². The summed E-state index contributed by atoms with van der Waals surface area (Å²) >= 11 is 0. The number of nitrogens with two attached hydrogens (primary N) is 1. The van der Waals surface area contributed by atoms with Gasteiger partial charge in [-0.05, 0) is 54.8 Å². The Bertz CT molecular complexity index is 1720. The van der Waals surface area contributed by atoms with Gasteiger partial charge in [-0.3, -0.25) is 9.20 Å². The van der Waals surface area contributed by atoms with Crippen LogP contribution in [0.15, 0.2) is 83.8 Å². The van der Waals surface area contributed by atoms with Gasteiger partial charge in [0, 0.05) is 11.8 Å². The molecule has 0 amide bonds. The Kier molecular flexibility index (Phi) is 6.12. The molecule has 0 saturated carbocycles. The molecule has 5 rings (SSSR count). The van der Waals surface area contributed by atoms with Gasteiger partial charge in [0.25, 0.3) is 5.56 Å². The van der Waals surface area contributed by atoms with Crippen LogP contribution in [0.1, 0.15) is 29.8 Å². The van der Waals surface area contributed by atoms with Crippen molar-refractivity contribution in [1.82, 2.24) is 14.4 Å². The largest absolute Gasteiger partial charge is 0.368 e. The third-order valence-corrected chi connectivity index (χ3v) is 6.29. The molecule has 3 N–H and O–H groups in total. The standard InChI is InChI=1S/C29H23FN6O/c1-17-22(16-31)27(35-29(32)34-17)33-18(2)24-25(20-11-13-21(30)14-12-20)23-10-6-7-15-36(23)28(37)26(24)19-8-4-3-5-9-19/h3-15,18H,1-2H3,(H3,32,33,34,35)/t18-/m0/s1. The SMILES string of the molecule is Cc1nc(N)nc(N[C@@H](C)c2c(-c3ccccc3)c(=O)n3ccccc3c2-c2ccc(F)cc2)c1C#N. The zero-order valence-electron chi connectivity index (χ0n) is 20.2. The molecule has 0 spiro atoms. The minimum atomic E-state index is -0.506. The summed E-state index contributed by atoms with van der Waals surface area (Å²) in [5.74, 6) is -0.0492. The number of aromatic nitrogens is 3. The van der Waals surface area contributed by atoms with Crippen molar-refractivity contribution in [3.63, 3.8) is 0 Å². The average Bonchev–Trinajstić information content (AvgIpc) is 2.89. The molecule has 5 aromatic rings. The molecule has 8 heteroatoms. The predicted octanol–water partition coefficient (Wildman–Crippen LogP) is 5.50. The Hall–Kier alpha value is -5.03. The molecule has 3 aromatic heterocycles. The monoisotopic (exact) mass is 490 g/mol. The number of pyridine rings is 2. The van der Waals surface area contributed by atoms with Gasteiger partial charge < -0.3 is 11.1 Å². The number of nitrogen functional groups attached to an aromatic ring is 1. The number of nitrogens with one attached hydrogen (secondary N) is 1. The predicted molar refractivity (Wildman–Crippen MR) is 142 cm³/mol. The Labute approximate surface area is 212 Å². The van der Waals surface area contributed by atoms with Crippen molar-refractivity contribution in [2.45, 2.75) is 19.9 Å². The number of halogens is 1. The fourth-order valence-electron chi connectivity index (χ4n) is 4.67.